The van der Waals surface area contributed by atoms with Crippen LogP contribution in [-0.4, -0.2) is 16.7 Å². The molecule has 0 spiro atoms. The maximum atomic E-state index is 8.93. The minimum Gasteiger partial charge on any atom is -1.00 e. The first-order valence-corrected chi connectivity index (χ1v) is 0.996. The second-order valence-corrected chi connectivity index (χ2v) is 0.289. The third-order valence-electron chi connectivity index (χ3n) is 0. The van der Waals surface area contributed by atoms with Crippen molar-refractivity contribution >= 4 is 10.1 Å². The summed E-state index contributed by atoms with van der Waals surface area (Å²) in [7, 11) is 0. The molecular weight excluding hydrogens is 84.5 g/mol. The quantitative estimate of drug-likeness (QED) is 0.278. The minimum absolute atomic E-state index is 0. The van der Waals surface area contributed by atoms with E-state index in [0.717, 1.165) is 0 Å². The summed E-state index contributed by atoms with van der Waals surface area (Å²) in [6.07, 6.45) is 0. The maximum absolute atomic E-state index is 8.93. The minimum atomic E-state index is 0. The standard InChI is InChI=1S/C2H5O.Be.ClH/c1-2-3;;/h2H2,1H3;;1H/q-1;+2;/p-1. The number of hydrogen-bond donors (Lipinski definition) is 0. The number of hydrogen-bond acceptors (Lipinski definition) is 1. The fourth-order valence-corrected chi connectivity index (χ4v) is 0. The molecule has 0 bridgehead atoms. The van der Waals surface area contributed by atoms with Crippen LogP contribution in [0.4, 0.5) is 0 Å². The molecule has 0 aliphatic heterocycles. The van der Waals surface area contributed by atoms with E-state index in [9.17, 15) is 0 Å². The molecule has 0 atom stereocenters. The molecular formula is C2H5BeClO. The number of rotatable bonds is 0. The summed E-state index contributed by atoms with van der Waals surface area (Å²) < 4.78 is 0. The Kier molecular flexibility index (Phi) is 92.8. The normalized spacial score (nSPS) is 3.60. The van der Waals surface area contributed by atoms with E-state index in [2.05, 4.69) is 0 Å². The predicted molar refractivity (Wildman–Crippen MR) is 16.3 cm³/mol. The number of halogens is 1. The Balaban J connectivity index is -0.0000000200. The molecule has 0 rings (SSSR count). The van der Waals surface area contributed by atoms with Gasteiger partial charge in [-0.05, 0) is 0 Å². The van der Waals surface area contributed by atoms with Crippen LogP contribution < -0.4 is 17.5 Å². The zero-order valence-electron chi connectivity index (χ0n) is 3.20. The van der Waals surface area contributed by atoms with Crippen molar-refractivity contribution in [2.75, 3.05) is 6.61 Å². The van der Waals surface area contributed by atoms with E-state index < -0.39 is 0 Å². The first-order valence-electron chi connectivity index (χ1n) is 0.996. The van der Waals surface area contributed by atoms with E-state index in [4.69, 9.17) is 5.11 Å². The fraction of sp³-hybridized carbons (Fsp3) is 1.00. The summed E-state index contributed by atoms with van der Waals surface area (Å²) >= 11 is 0. The SMILES string of the molecule is CC[O-].[Be+2].[Cl-]. The third-order valence-corrected chi connectivity index (χ3v) is 0. The molecule has 0 aromatic rings. The van der Waals surface area contributed by atoms with Gasteiger partial charge in [-0.1, -0.05) is 6.92 Å². The molecule has 0 saturated carbocycles. The van der Waals surface area contributed by atoms with Gasteiger partial charge in [0.25, 0.3) is 0 Å². The van der Waals surface area contributed by atoms with Crippen molar-refractivity contribution in [3.63, 3.8) is 0 Å². The van der Waals surface area contributed by atoms with E-state index >= 15 is 0 Å². The average Bonchev–Trinajstić information content (AvgIpc) is 0.918. The Bertz CT molecular complexity index is 9.61. The zero-order valence-corrected chi connectivity index (χ0v) is 3.96. The topological polar surface area (TPSA) is 23.1 Å². The van der Waals surface area contributed by atoms with Crippen molar-refractivity contribution in [1.82, 2.24) is 0 Å². The largest absolute Gasteiger partial charge is 2.00 e. The van der Waals surface area contributed by atoms with Gasteiger partial charge >= 0.3 is 10.1 Å². The van der Waals surface area contributed by atoms with Gasteiger partial charge in [0.05, 0.1) is 0 Å². The van der Waals surface area contributed by atoms with Crippen molar-refractivity contribution in [2.24, 2.45) is 0 Å². The van der Waals surface area contributed by atoms with Gasteiger partial charge in [0.15, 0.2) is 0 Å². The Morgan fingerprint density at radius 3 is 1.60 bits per heavy atom. The molecule has 0 aliphatic rings. The van der Waals surface area contributed by atoms with Crippen LogP contribution in [0.3, 0.4) is 0 Å². The third kappa shape index (κ3) is 147. The second kappa shape index (κ2) is 25.7. The Morgan fingerprint density at radius 1 is 1.60 bits per heavy atom. The van der Waals surface area contributed by atoms with Gasteiger partial charge in [0.1, 0.15) is 0 Å². The molecule has 0 N–H and O–H groups in total. The summed E-state index contributed by atoms with van der Waals surface area (Å²) in [5.74, 6) is 0. The summed E-state index contributed by atoms with van der Waals surface area (Å²) in [5.41, 5.74) is 0. The fourth-order valence-electron chi connectivity index (χ4n) is 0. The first-order chi connectivity index (χ1) is 1.41. The zero-order chi connectivity index (χ0) is 2.71. The van der Waals surface area contributed by atoms with Crippen LogP contribution in [0.1, 0.15) is 6.92 Å². The molecule has 1 nitrogen and oxygen atoms in total. The van der Waals surface area contributed by atoms with Crippen LogP contribution in [0.25, 0.3) is 0 Å². The molecule has 0 aromatic carbocycles. The Morgan fingerprint density at radius 2 is 1.60 bits per heavy atom. The van der Waals surface area contributed by atoms with Crippen molar-refractivity contribution in [2.45, 2.75) is 6.92 Å². The van der Waals surface area contributed by atoms with Crippen molar-refractivity contribution in [3.8, 4) is 0 Å². The van der Waals surface area contributed by atoms with Gasteiger partial charge in [-0.25, -0.2) is 0 Å². The first kappa shape index (κ1) is 18.1. The molecule has 0 radical (unpaired) electrons. The molecule has 0 aliphatic carbocycles. The van der Waals surface area contributed by atoms with Crippen LogP contribution in [0.15, 0.2) is 0 Å². The van der Waals surface area contributed by atoms with E-state index in [1.54, 1.807) is 6.92 Å². The van der Waals surface area contributed by atoms with Crippen molar-refractivity contribution in [1.29, 1.82) is 0 Å². The van der Waals surface area contributed by atoms with Gasteiger partial charge in [-0.3, -0.25) is 0 Å². The van der Waals surface area contributed by atoms with Crippen LogP contribution in [0, 0.1) is 0 Å². The van der Waals surface area contributed by atoms with E-state index in [-0.39, 0.29) is 29.1 Å². The van der Waals surface area contributed by atoms with Crippen LogP contribution >= 0.6 is 0 Å². The van der Waals surface area contributed by atoms with Gasteiger partial charge < -0.3 is 17.5 Å². The van der Waals surface area contributed by atoms with Crippen molar-refractivity contribution in [3.05, 3.63) is 0 Å². The van der Waals surface area contributed by atoms with Crippen LogP contribution in [-0.2, 0) is 0 Å². The molecule has 5 heavy (non-hydrogen) atoms. The molecule has 0 saturated heterocycles. The van der Waals surface area contributed by atoms with Crippen LogP contribution in [0.2, 0.25) is 0 Å². The van der Waals surface area contributed by atoms with E-state index in [1.807, 2.05) is 0 Å². The van der Waals surface area contributed by atoms with Gasteiger partial charge in [0.2, 0.25) is 0 Å². The van der Waals surface area contributed by atoms with Gasteiger partial charge in [-0.2, -0.15) is 0 Å². The molecule has 0 amide bonds. The average molecular weight is 89.5 g/mol. The van der Waals surface area contributed by atoms with Crippen LogP contribution in [0.5, 0.6) is 0 Å². The summed E-state index contributed by atoms with van der Waals surface area (Å²) in [5, 5.41) is 8.93. The monoisotopic (exact) mass is 89.0 g/mol. The molecule has 28 valence electrons. The second-order valence-electron chi connectivity index (χ2n) is 0.289. The Hall–Kier alpha value is 0.419. The Labute approximate surface area is 42.0 Å². The maximum Gasteiger partial charge on any atom is 2.00 e. The summed E-state index contributed by atoms with van der Waals surface area (Å²) in [4.78, 5) is 0. The molecule has 0 aromatic heterocycles. The van der Waals surface area contributed by atoms with E-state index in [0.29, 0.717) is 0 Å². The predicted octanol–water partition coefficient (Wildman–Crippen LogP) is -4.01. The molecule has 3 heteroatoms. The molecule has 0 heterocycles. The van der Waals surface area contributed by atoms with Gasteiger partial charge in [0, 0.05) is 0 Å². The molecule has 0 unspecified atom stereocenters. The molecule has 0 fully saturated rings. The van der Waals surface area contributed by atoms with E-state index in [1.165, 1.54) is 0 Å². The smallest absolute Gasteiger partial charge is 1.00 e. The summed E-state index contributed by atoms with van der Waals surface area (Å²) in [6, 6.07) is 0. The summed E-state index contributed by atoms with van der Waals surface area (Å²) in [6.45, 7) is 1.57. The van der Waals surface area contributed by atoms with Gasteiger partial charge in [-0.15, -0.1) is 6.61 Å². The van der Waals surface area contributed by atoms with Crippen molar-refractivity contribution < 1.29 is 17.5 Å².